The predicted molar refractivity (Wildman–Crippen MR) is 58.0 cm³/mol. The van der Waals surface area contributed by atoms with E-state index in [1.54, 1.807) is 0 Å². The number of hydrogen-bond donors (Lipinski definition) is 0. The van der Waals surface area contributed by atoms with Crippen LogP contribution in [0.5, 0.6) is 0 Å². The molecule has 2 heteroatoms. The first-order valence-corrected chi connectivity index (χ1v) is 5.81. The maximum Gasteiger partial charge on any atom is 0.0299 e. The number of rotatable bonds is 4. The number of aromatic nitrogens is 1. The minimum absolute atomic E-state index is 0.729. The zero-order chi connectivity index (χ0) is 9.10. The molecule has 1 aliphatic rings. The van der Waals surface area contributed by atoms with Crippen molar-refractivity contribution >= 4 is 15.9 Å². The number of nitrogens with zero attached hydrogens (tertiary/aromatic N) is 1. The van der Waals surface area contributed by atoms with E-state index in [2.05, 4.69) is 27.0 Å². The van der Waals surface area contributed by atoms with Gasteiger partial charge in [-0.3, -0.25) is 4.98 Å². The van der Waals surface area contributed by atoms with Crippen molar-refractivity contribution in [1.82, 2.24) is 4.98 Å². The highest BCUT2D eigenvalue weighted by Gasteiger charge is 2.28. The largest absolute Gasteiger partial charge is 0.264 e. The van der Waals surface area contributed by atoms with Crippen LogP contribution < -0.4 is 0 Å². The highest BCUT2D eigenvalue weighted by atomic mass is 79.9. The molecule has 1 atom stereocenters. The molecule has 0 spiro atoms. The predicted octanol–water partition coefficient (Wildman–Crippen LogP) is 3.19. The van der Waals surface area contributed by atoms with E-state index in [4.69, 9.17) is 0 Å². The van der Waals surface area contributed by atoms with E-state index in [-0.39, 0.29) is 0 Å². The Bertz CT molecular complexity index is 256. The molecular weight excluding hydrogens is 226 g/mol. The van der Waals surface area contributed by atoms with E-state index >= 15 is 0 Å². The number of halogens is 1. The van der Waals surface area contributed by atoms with Gasteiger partial charge in [0.15, 0.2) is 0 Å². The molecule has 70 valence electrons. The van der Waals surface area contributed by atoms with Crippen LogP contribution in [-0.4, -0.2) is 9.81 Å². The van der Waals surface area contributed by atoms with E-state index in [0.29, 0.717) is 0 Å². The Morgan fingerprint density at radius 3 is 3.00 bits per heavy atom. The molecule has 1 aliphatic carbocycles. The smallest absolute Gasteiger partial charge is 0.0299 e. The lowest BCUT2D eigenvalue weighted by molar-refractivity contribution is 0.695. The van der Waals surface area contributed by atoms with Crippen molar-refractivity contribution in [3.8, 4) is 0 Å². The van der Waals surface area contributed by atoms with Gasteiger partial charge in [-0.25, -0.2) is 0 Å². The Morgan fingerprint density at radius 2 is 2.38 bits per heavy atom. The molecule has 13 heavy (non-hydrogen) atoms. The summed E-state index contributed by atoms with van der Waals surface area (Å²) in [6, 6.07) is 4.16. The fourth-order valence-electron chi connectivity index (χ4n) is 1.54. The Hall–Kier alpha value is -0.370. The molecule has 0 aliphatic heterocycles. The van der Waals surface area contributed by atoms with Crippen molar-refractivity contribution < 1.29 is 0 Å². The van der Waals surface area contributed by atoms with E-state index in [9.17, 15) is 0 Å². The van der Waals surface area contributed by atoms with Gasteiger partial charge in [-0.1, -0.05) is 22.0 Å². The second-order valence-corrected chi connectivity index (χ2v) is 4.93. The van der Waals surface area contributed by atoms with E-state index in [1.807, 2.05) is 18.5 Å². The maximum atomic E-state index is 4.11. The Kier molecular flexibility index (Phi) is 2.99. The minimum atomic E-state index is 0.729. The van der Waals surface area contributed by atoms with Crippen LogP contribution in [0.1, 0.15) is 24.8 Å². The van der Waals surface area contributed by atoms with Gasteiger partial charge in [-0.15, -0.1) is 0 Å². The van der Waals surface area contributed by atoms with Crippen LogP contribution in [0.2, 0.25) is 0 Å². The van der Waals surface area contributed by atoms with Crippen molar-refractivity contribution in [3.63, 3.8) is 0 Å². The quantitative estimate of drug-likeness (QED) is 0.736. The lowest BCUT2D eigenvalue weighted by Crippen LogP contribution is -2.02. The van der Waals surface area contributed by atoms with E-state index < -0.39 is 0 Å². The molecule has 1 saturated carbocycles. The Morgan fingerprint density at radius 1 is 1.54 bits per heavy atom. The highest BCUT2D eigenvalue weighted by molar-refractivity contribution is 9.09. The first-order chi connectivity index (χ1) is 6.36. The number of hydrogen-bond acceptors (Lipinski definition) is 1. The molecule has 1 heterocycles. The first-order valence-electron chi connectivity index (χ1n) is 4.89. The second-order valence-electron chi connectivity index (χ2n) is 3.75. The molecule has 1 aromatic heterocycles. The van der Waals surface area contributed by atoms with Crippen LogP contribution in [0, 0.1) is 5.92 Å². The highest BCUT2D eigenvalue weighted by Crippen LogP contribution is 2.38. The zero-order valence-electron chi connectivity index (χ0n) is 7.62. The van der Waals surface area contributed by atoms with Gasteiger partial charge in [-0.05, 0) is 43.2 Å². The fraction of sp³-hybridized carbons (Fsp3) is 0.545. The average Bonchev–Trinajstić information content (AvgIpc) is 2.99. The normalized spacial score (nSPS) is 18.5. The third-order valence-electron chi connectivity index (χ3n) is 2.57. The maximum absolute atomic E-state index is 4.11. The summed E-state index contributed by atoms with van der Waals surface area (Å²) in [4.78, 5) is 4.84. The van der Waals surface area contributed by atoms with Crippen LogP contribution in [-0.2, 0) is 6.42 Å². The third kappa shape index (κ3) is 2.80. The summed E-state index contributed by atoms with van der Waals surface area (Å²) in [5.74, 6) is 0.955. The molecule has 0 saturated heterocycles. The SMILES string of the molecule is BrC(CCc1cccnc1)C1CC1. The summed E-state index contributed by atoms with van der Waals surface area (Å²) in [5, 5.41) is 0. The van der Waals surface area contributed by atoms with E-state index in [0.717, 1.165) is 17.2 Å². The Labute approximate surface area is 87.7 Å². The van der Waals surface area contributed by atoms with Gasteiger partial charge in [0, 0.05) is 17.2 Å². The molecule has 0 amide bonds. The second kappa shape index (κ2) is 4.23. The first kappa shape index (κ1) is 9.20. The van der Waals surface area contributed by atoms with E-state index in [1.165, 1.54) is 24.8 Å². The molecule has 1 fully saturated rings. The zero-order valence-corrected chi connectivity index (χ0v) is 9.20. The van der Waals surface area contributed by atoms with Crippen LogP contribution in [0.25, 0.3) is 0 Å². The van der Waals surface area contributed by atoms with Crippen molar-refractivity contribution in [2.75, 3.05) is 0 Å². The van der Waals surface area contributed by atoms with Crippen molar-refractivity contribution in [1.29, 1.82) is 0 Å². The summed E-state index contributed by atoms with van der Waals surface area (Å²) >= 11 is 3.74. The number of pyridine rings is 1. The van der Waals surface area contributed by atoms with Crippen LogP contribution in [0.3, 0.4) is 0 Å². The number of aryl methyl sites for hydroxylation is 1. The third-order valence-corrected chi connectivity index (χ3v) is 3.77. The molecule has 1 nitrogen and oxygen atoms in total. The van der Waals surface area contributed by atoms with Crippen molar-refractivity contribution in [2.24, 2.45) is 5.92 Å². The molecule has 1 unspecified atom stereocenters. The Balaban J connectivity index is 1.78. The van der Waals surface area contributed by atoms with Gasteiger partial charge >= 0.3 is 0 Å². The molecule has 0 N–H and O–H groups in total. The van der Waals surface area contributed by atoms with Gasteiger partial charge in [0.2, 0.25) is 0 Å². The lowest BCUT2D eigenvalue weighted by Gasteiger charge is -2.06. The summed E-state index contributed by atoms with van der Waals surface area (Å²) in [7, 11) is 0. The number of alkyl halides is 1. The van der Waals surface area contributed by atoms with Gasteiger partial charge in [-0.2, -0.15) is 0 Å². The molecule has 2 rings (SSSR count). The fourth-order valence-corrected chi connectivity index (χ4v) is 2.30. The molecule has 1 aromatic rings. The lowest BCUT2D eigenvalue weighted by atomic mass is 10.1. The summed E-state index contributed by atoms with van der Waals surface area (Å²) in [6.07, 6.45) is 9.03. The monoisotopic (exact) mass is 239 g/mol. The van der Waals surface area contributed by atoms with Gasteiger partial charge in [0.05, 0.1) is 0 Å². The standard InChI is InChI=1S/C11H14BrN/c12-11(10-4-5-10)6-3-9-2-1-7-13-8-9/h1-2,7-8,10-11H,3-6H2. The van der Waals surface area contributed by atoms with Gasteiger partial charge in [0.25, 0.3) is 0 Å². The van der Waals surface area contributed by atoms with Crippen LogP contribution >= 0.6 is 15.9 Å². The van der Waals surface area contributed by atoms with Crippen molar-refractivity contribution in [2.45, 2.75) is 30.5 Å². The summed E-state index contributed by atoms with van der Waals surface area (Å²) in [6.45, 7) is 0. The van der Waals surface area contributed by atoms with Gasteiger partial charge in [0.1, 0.15) is 0 Å². The van der Waals surface area contributed by atoms with Crippen LogP contribution in [0.4, 0.5) is 0 Å². The van der Waals surface area contributed by atoms with Crippen LogP contribution in [0.15, 0.2) is 24.5 Å². The summed E-state index contributed by atoms with van der Waals surface area (Å²) in [5.41, 5.74) is 1.35. The topological polar surface area (TPSA) is 12.9 Å². The molecular formula is C11H14BrN. The van der Waals surface area contributed by atoms with Gasteiger partial charge < -0.3 is 0 Å². The molecule has 0 bridgehead atoms. The molecule has 0 radical (unpaired) electrons. The molecule has 0 aromatic carbocycles. The van der Waals surface area contributed by atoms with Crippen molar-refractivity contribution in [3.05, 3.63) is 30.1 Å². The summed E-state index contributed by atoms with van der Waals surface area (Å²) < 4.78 is 0. The average molecular weight is 240 g/mol. The minimum Gasteiger partial charge on any atom is -0.264 e.